The number of benzene rings is 3. The summed E-state index contributed by atoms with van der Waals surface area (Å²) >= 11 is 1.62. The van der Waals surface area contributed by atoms with Crippen molar-refractivity contribution in [3.63, 3.8) is 0 Å². The molecule has 0 aliphatic carbocycles. The van der Waals surface area contributed by atoms with Gasteiger partial charge in [0.15, 0.2) is 0 Å². The van der Waals surface area contributed by atoms with Gasteiger partial charge in [-0.05, 0) is 60.2 Å². The number of hydrogen-bond acceptors (Lipinski definition) is 5. The quantitative estimate of drug-likeness (QED) is 0.286. The minimum atomic E-state index is -1.03. The van der Waals surface area contributed by atoms with Gasteiger partial charge in [0.2, 0.25) is 0 Å². The van der Waals surface area contributed by atoms with E-state index in [9.17, 15) is 15.2 Å². The lowest BCUT2D eigenvalue weighted by Crippen LogP contribution is -2.07. The third-order valence-corrected chi connectivity index (χ3v) is 7.49. The summed E-state index contributed by atoms with van der Waals surface area (Å²) in [7, 11) is 0. The molecule has 0 saturated carbocycles. The van der Waals surface area contributed by atoms with E-state index >= 15 is 0 Å². The van der Waals surface area contributed by atoms with Crippen molar-refractivity contribution in [1.82, 2.24) is 4.98 Å². The highest BCUT2D eigenvalue weighted by molar-refractivity contribution is 7.22. The molecule has 0 aliphatic heterocycles. The average molecular weight is 479 g/mol. The average Bonchev–Trinajstić information content (AvgIpc) is 3.21. The molecule has 172 valence electrons. The normalized spacial score (nSPS) is 11.0. The molecular weight excluding hydrogens is 456 g/mol. The molecule has 35 heavy (non-hydrogen) atoms. The van der Waals surface area contributed by atoms with Gasteiger partial charge in [0, 0.05) is 11.1 Å². The van der Waals surface area contributed by atoms with Crippen LogP contribution in [0.25, 0.3) is 31.6 Å². The highest BCUT2D eigenvalue weighted by Gasteiger charge is 2.20. The number of fused-ring (bicyclic) bond motifs is 2. The zero-order chi connectivity index (χ0) is 24.5. The number of carboxylic acids is 1. The molecule has 2 heterocycles. The summed E-state index contributed by atoms with van der Waals surface area (Å²) in [5.74, 6) is -0.549. The Balaban J connectivity index is 1.58. The Morgan fingerprint density at radius 2 is 1.86 bits per heavy atom. The summed E-state index contributed by atoms with van der Waals surface area (Å²) in [6.07, 6.45) is 0.536. The van der Waals surface area contributed by atoms with E-state index in [4.69, 9.17) is 9.72 Å². The number of carboxylic acid groups (broad SMARTS) is 1. The number of nitrogens with zero attached hydrogens (tertiary/aromatic N) is 2. The second-order valence-corrected chi connectivity index (χ2v) is 9.44. The van der Waals surface area contributed by atoms with Crippen LogP contribution in [0.1, 0.15) is 32.6 Å². The molecule has 6 heteroatoms. The van der Waals surface area contributed by atoms with Crippen molar-refractivity contribution in [3.8, 4) is 22.4 Å². The van der Waals surface area contributed by atoms with Gasteiger partial charge in [0.1, 0.15) is 5.75 Å². The molecule has 0 radical (unpaired) electrons. The third kappa shape index (κ3) is 4.11. The van der Waals surface area contributed by atoms with Crippen LogP contribution in [0.3, 0.4) is 0 Å². The van der Waals surface area contributed by atoms with E-state index in [1.807, 2.05) is 50.2 Å². The van der Waals surface area contributed by atoms with Gasteiger partial charge in [-0.15, -0.1) is 11.3 Å². The molecule has 0 atom stereocenters. The van der Waals surface area contributed by atoms with Gasteiger partial charge in [-0.3, -0.25) is 0 Å². The van der Waals surface area contributed by atoms with Crippen LogP contribution in [0.5, 0.6) is 5.75 Å². The fourth-order valence-electron chi connectivity index (χ4n) is 4.39. The second-order valence-electron chi connectivity index (χ2n) is 8.38. The van der Waals surface area contributed by atoms with E-state index in [1.165, 1.54) is 0 Å². The fraction of sp³-hybridized carbons (Fsp3) is 0.138. The Kier molecular flexibility index (Phi) is 5.94. The van der Waals surface area contributed by atoms with E-state index in [0.717, 1.165) is 31.7 Å². The molecule has 0 saturated heterocycles. The predicted octanol–water partition coefficient (Wildman–Crippen LogP) is 6.92. The molecule has 0 amide bonds. The molecule has 2 aromatic heterocycles. The van der Waals surface area contributed by atoms with Crippen molar-refractivity contribution in [1.29, 1.82) is 5.26 Å². The topological polar surface area (TPSA) is 83.2 Å². The van der Waals surface area contributed by atoms with Gasteiger partial charge in [0.05, 0.1) is 45.3 Å². The number of aryl methyl sites for hydroxylation is 2. The smallest absolute Gasteiger partial charge is 0.336 e. The predicted molar refractivity (Wildman–Crippen MR) is 139 cm³/mol. The number of thiophene rings is 1. The highest BCUT2D eigenvalue weighted by Crippen LogP contribution is 2.40. The molecule has 3 aromatic carbocycles. The zero-order valence-electron chi connectivity index (χ0n) is 19.3. The standard InChI is InChI=1S/C29H22N2O3S/c1-17-11-12-24(34-14-13-19-7-3-4-8-20(19)16-30)26-22(29(32)33)15-23(31-27(17)26)28-18(2)21-9-5-6-10-25(21)35-28/h3-12,15H,13-14H2,1-2H3,(H,32,33). The first-order valence-electron chi connectivity index (χ1n) is 11.2. The summed E-state index contributed by atoms with van der Waals surface area (Å²) in [6, 6.07) is 23.1. The van der Waals surface area contributed by atoms with Crippen LogP contribution >= 0.6 is 11.3 Å². The summed E-state index contributed by atoms with van der Waals surface area (Å²) in [4.78, 5) is 18.3. The molecule has 0 fully saturated rings. The van der Waals surface area contributed by atoms with Crippen molar-refractivity contribution in [3.05, 3.63) is 94.5 Å². The van der Waals surface area contributed by atoms with E-state index in [1.54, 1.807) is 29.5 Å². The molecule has 5 aromatic rings. The monoisotopic (exact) mass is 478 g/mol. The van der Waals surface area contributed by atoms with Crippen molar-refractivity contribution in [2.45, 2.75) is 20.3 Å². The maximum Gasteiger partial charge on any atom is 0.336 e. The molecule has 5 nitrogen and oxygen atoms in total. The maximum atomic E-state index is 12.4. The first-order chi connectivity index (χ1) is 17.0. The SMILES string of the molecule is Cc1c(-c2cc(C(=O)O)c3c(OCCc4ccccc4C#N)ccc(C)c3n2)sc2ccccc12. The van der Waals surface area contributed by atoms with Gasteiger partial charge in [-0.1, -0.05) is 42.5 Å². The summed E-state index contributed by atoms with van der Waals surface area (Å²) in [5.41, 5.74) is 4.91. The number of aromatic carboxylic acids is 1. The number of ether oxygens (including phenoxy) is 1. The lowest BCUT2D eigenvalue weighted by atomic mass is 10.0. The van der Waals surface area contributed by atoms with E-state index in [-0.39, 0.29) is 5.56 Å². The van der Waals surface area contributed by atoms with E-state index < -0.39 is 5.97 Å². The molecule has 1 N–H and O–H groups in total. The van der Waals surface area contributed by atoms with Crippen molar-refractivity contribution < 1.29 is 14.6 Å². The number of rotatable bonds is 6. The van der Waals surface area contributed by atoms with Crippen molar-refractivity contribution in [2.24, 2.45) is 0 Å². The van der Waals surface area contributed by atoms with Crippen LogP contribution < -0.4 is 4.74 Å². The summed E-state index contributed by atoms with van der Waals surface area (Å²) < 4.78 is 7.22. The lowest BCUT2D eigenvalue weighted by molar-refractivity contribution is 0.0698. The number of hydrogen-bond donors (Lipinski definition) is 1. The first kappa shape index (κ1) is 22.6. The second kappa shape index (κ2) is 9.21. The van der Waals surface area contributed by atoms with Crippen molar-refractivity contribution >= 4 is 38.3 Å². The number of aromatic nitrogens is 1. The molecule has 0 aliphatic rings. The lowest BCUT2D eigenvalue weighted by Gasteiger charge is -2.14. The highest BCUT2D eigenvalue weighted by atomic mass is 32.1. The Morgan fingerprint density at radius 3 is 2.63 bits per heavy atom. The molecule has 0 unspecified atom stereocenters. The minimum absolute atomic E-state index is 0.165. The Bertz CT molecular complexity index is 1650. The van der Waals surface area contributed by atoms with Crippen LogP contribution in [0, 0.1) is 25.2 Å². The Hall–Kier alpha value is -4.21. The summed E-state index contributed by atoms with van der Waals surface area (Å²) in [5, 5.41) is 21.1. The molecule has 5 rings (SSSR count). The van der Waals surface area contributed by atoms with Crippen LogP contribution in [0.15, 0.2) is 66.7 Å². The van der Waals surface area contributed by atoms with E-state index in [0.29, 0.717) is 40.9 Å². The zero-order valence-corrected chi connectivity index (χ0v) is 20.1. The van der Waals surface area contributed by atoms with Gasteiger partial charge in [-0.25, -0.2) is 9.78 Å². The van der Waals surface area contributed by atoms with Crippen LogP contribution in [0.4, 0.5) is 0 Å². The Morgan fingerprint density at radius 1 is 1.09 bits per heavy atom. The van der Waals surface area contributed by atoms with Gasteiger partial charge < -0.3 is 9.84 Å². The van der Waals surface area contributed by atoms with Crippen molar-refractivity contribution in [2.75, 3.05) is 6.61 Å². The maximum absolute atomic E-state index is 12.4. The summed E-state index contributed by atoms with van der Waals surface area (Å²) in [6.45, 7) is 4.29. The molecule has 0 spiro atoms. The van der Waals surface area contributed by atoms with Crippen LogP contribution in [0.2, 0.25) is 0 Å². The first-order valence-corrected chi connectivity index (χ1v) is 12.1. The van der Waals surface area contributed by atoms with Crippen LogP contribution in [-0.4, -0.2) is 22.7 Å². The molecule has 0 bridgehead atoms. The third-order valence-electron chi connectivity index (χ3n) is 6.20. The molecular formula is C29H22N2O3S. The minimum Gasteiger partial charge on any atom is -0.493 e. The fourth-order valence-corrected chi connectivity index (χ4v) is 5.55. The van der Waals surface area contributed by atoms with Gasteiger partial charge in [0.25, 0.3) is 0 Å². The van der Waals surface area contributed by atoms with E-state index in [2.05, 4.69) is 18.2 Å². The number of nitriles is 1. The largest absolute Gasteiger partial charge is 0.493 e. The number of carbonyl (C=O) groups is 1. The number of pyridine rings is 1. The van der Waals surface area contributed by atoms with Gasteiger partial charge in [-0.2, -0.15) is 5.26 Å². The van der Waals surface area contributed by atoms with Crippen LogP contribution in [-0.2, 0) is 6.42 Å². The Labute approximate surface area is 206 Å². The van der Waals surface area contributed by atoms with Gasteiger partial charge >= 0.3 is 5.97 Å².